The summed E-state index contributed by atoms with van der Waals surface area (Å²) in [7, 11) is -0.509. The van der Waals surface area contributed by atoms with Crippen LogP contribution >= 0.6 is 23.2 Å². The Labute approximate surface area is 213 Å². The van der Waals surface area contributed by atoms with Gasteiger partial charge in [0.15, 0.2) is 17.3 Å². The van der Waals surface area contributed by atoms with Crippen molar-refractivity contribution in [2.24, 2.45) is 0 Å². The first-order valence-electron chi connectivity index (χ1n) is 10.0. The first kappa shape index (κ1) is 26.3. The van der Waals surface area contributed by atoms with Crippen LogP contribution in [0.15, 0.2) is 65.6 Å². The number of carbonyl (C=O) groups is 2. The maximum absolute atomic E-state index is 13.8. The van der Waals surface area contributed by atoms with Gasteiger partial charge < -0.3 is 14.2 Å². The van der Waals surface area contributed by atoms with Crippen molar-refractivity contribution in [3.8, 4) is 11.5 Å². The fourth-order valence-corrected chi connectivity index (χ4v) is 5.12. The maximum Gasteiger partial charge on any atom is 0.326 e. The molecule has 8 nitrogen and oxygen atoms in total. The lowest BCUT2D eigenvalue weighted by Gasteiger charge is -2.26. The highest BCUT2D eigenvalue weighted by molar-refractivity contribution is 7.92. The summed E-state index contributed by atoms with van der Waals surface area (Å²) in [5.41, 5.74) is -0.0164. The average molecular weight is 538 g/mol. The third-order valence-corrected chi connectivity index (χ3v) is 7.35. The number of sulfonamides is 1. The molecule has 0 aliphatic heterocycles. The summed E-state index contributed by atoms with van der Waals surface area (Å²) in [6.45, 7) is -0.711. The molecule has 0 radical (unpaired) electrons. The van der Waals surface area contributed by atoms with Crippen LogP contribution in [0.25, 0.3) is 0 Å². The molecule has 0 unspecified atom stereocenters. The van der Waals surface area contributed by atoms with E-state index in [1.807, 2.05) is 0 Å². The van der Waals surface area contributed by atoms with Gasteiger partial charge in [-0.3, -0.25) is 13.9 Å². The quantitative estimate of drug-likeness (QED) is 0.290. The first-order valence-corrected chi connectivity index (χ1v) is 12.2. The molecule has 0 saturated carbocycles. The molecule has 35 heavy (non-hydrogen) atoms. The van der Waals surface area contributed by atoms with Crippen LogP contribution in [-0.2, 0) is 19.6 Å². The van der Waals surface area contributed by atoms with Crippen molar-refractivity contribution in [3.63, 3.8) is 0 Å². The van der Waals surface area contributed by atoms with E-state index in [-0.39, 0.29) is 37.5 Å². The number of benzene rings is 3. The summed E-state index contributed by atoms with van der Waals surface area (Å²) in [4.78, 5) is 25.5. The first-order chi connectivity index (χ1) is 16.6. The number of nitrogens with zero attached hydrogens (tertiary/aromatic N) is 1. The minimum absolute atomic E-state index is 0.0708. The highest BCUT2D eigenvalue weighted by atomic mass is 35.5. The number of methoxy groups -OCH3 is 3. The molecule has 3 aromatic carbocycles. The van der Waals surface area contributed by atoms with Crippen molar-refractivity contribution in [1.82, 2.24) is 0 Å². The van der Waals surface area contributed by atoms with E-state index in [1.54, 1.807) is 12.1 Å². The van der Waals surface area contributed by atoms with Gasteiger partial charge >= 0.3 is 5.97 Å². The van der Waals surface area contributed by atoms with Gasteiger partial charge in [-0.1, -0.05) is 35.3 Å². The minimum Gasteiger partial charge on any atom is -0.493 e. The van der Waals surface area contributed by atoms with Gasteiger partial charge in [0.05, 0.1) is 36.9 Å². The van der Waals surface area contributed by atoms with Gasteiger partial charge in [-0.05, 0) is 42.5 Å². The van der Waals surface area contributed by atoms with Gasteiger partial charge in [0, 0.05) is 22.2 Å². The van der Waals surface area contributed by atoms with Gasteiger partial charge in [0.1, 0.15) is 6.54 Å². The molecule has 0 fully saturated rings. The summed E-state index contributed by atoms with van der Waals surface area (Å²) >= 11 is 12.4. The molecule has 0 N–H and O–H groups in total. The molecule has 0 atom stereocenters. The number of rotatable bonds is 9. The van der Waals surface area contributed by atoms with E-state index in [9.17, 15) is 18.0 Å². The third-order valence-electron chi connectivity index (χ3n) is 5.03. The molecule has 0 aromatic heterocycles. The second-order valence-corrected chi connectivity index (χ2v) is 9.78. The highest BCUT2D eigenvalue weighted by Crippen LogP contribution is 2.35. The van der Waals surface area contributed by atoms with E-state index in [1.165, 1.54) is 62.8 Å². The Balaban J connectivity index is 2.23. The monoisotopic (exact) mass is 537 g/mol. The van der Waals surface area contributed by atoms with E-state index in [0.717, 1.165) is 11.4 Å². The summed E-state index contributed by atoms with van der Waals surface area (Å²) in [6.07, 6.45) is 0. The molecule has 0 saturated heterocycles. The lowest BCUT2D eigenvalue weighted by atomic mass is 10.0. The molecule has 0 aliphatic rings. The number of ketones is 1. The Morgan fingerprint density at radius 3 is 2.17 bits per heavy atom. The fraction of sp³-hybridized carbons (Fsp3) is 0.167. The zero-order valence-electron chi connectivity index (χ0n) is 18.9. The number of ether oxygens (including phenoxy) is 3. The number of anilines is 1. The molecule has 184 valence electrons. The van der Waals surface area contributed by atoms with Gasteiger partial charge in [-0.15, -0.1) is 0 Å². The van der Waals surface area contributed by atoms with Crippen LogP contribution in [0, 0.1) is 0 Å². The number of esters is 1. The zero-order chi connectivity index (χ0) is 25.8. The molecule has 11 heteroatoms. The summed E-state index contributed by atoms with van der Waals surface area (Å²) in [5, 5.41) is 0.358. The van der Waals surface area contributed by atoms with E-state index in [0.29, 0.717) is 5.75 Å². The molecule has 0 amide bonds. The topological polar surface area (TPSA) is 99.2 Å². The molecule has 0 aliphatic carbocycles. The van der Waals surface area contributed by atoms with Crippen LogP contribution in [0.4, 0.5) is 5.69 Å². The van der Waals surface area contributed by atoms with Crippen molar-refractivity contribution < 1.29 is 32.2 Å². The summed E-state index contributed by atoms with van der Waals surface area (Å²) in [6, 6.07) is 14.3. The molecule has 3 rings (SSSR count). The molecule has 0 bridgehead atoms. The van der Waals surface area contributed by atoms with Crippen molar-refractivity contribution >= 4 is 50.7 Å². The van der Waals surface area contributed by atoms with E-state index in [4.69, 9.17) is 37.4 Å². The van der Waals surface area contributed by atoms with E-state index in [2.05, 4.69) is 0 Å². The minimum atomic E-state index is -4.41. The summed E-state index contributed by atoms with van der Waals surface area (Å²) < 4.78 is 43.4. The van der Waals surface area contributed by atoms with Crippen molar-refractivity contribution in [2.45, 2.75) is 4.90 Å². The van der Waals surface area contributed by atoms with Gasteiger partial charge in [0.25, 0.3) is 10.0 Å². The van der Waals surface area contributed by atoms with Crippen molar-refractivity contribution in [2.75, 3.05) is 32.2 Å². The Kier molecular flexibility index (Phi) is 8.26. The standard InChI is InChI=1S/C24H21Cl2NO7S/c1-32-21-11-9-16(13-22(21)33-2)35(30,31)27(14-23(28)34-3)20-10-8-15(25)12-18(20)24(29)17-6-4-5-7-19(17)26/h4-13H,14H2,1-3H3. The maximum atomic E-state index is 13.8. The highest BCUT2D eigenvalue weighted by Gasteiger charge is 2.32. The number of carbonyl (C=O) groups excluding carboxylic acids is 2. The Hall–Kier alpha value is -3.27. The summed E-state index contributed by atoms with van der Waals surface area (Å²) in [5.74, 6) is -0.951. The third kappa shape index (κ3) is 5.53. The number of halogens is 2. The largest absolute Gasteiger partial charge is 0.493 e. The van der Waals surface area contributed by atoms with Crippen molar-refractivity contribution in [1.29, 1.82) is 0 Å². The lowest BCUT2D eigenvalue weighted by molar-refractivity contribution is -0.138. The lowest BCUT2D eigenvalue weighted by Crippen LogP contribution is -2.37. The van der Waals surface area contributed by atoms with Crippen LogP contribution in [0.3, 0.4) is 0 Å². The average Bonchev–Trinajstić information content (AvgIpc) is 2.86. The van der Waals surface area contributed by atoms with Crippen LogP contribution in [0.5, 0.6) is 11.5 Å². The van der Waals surface area contributed by atoms with Crippen LogP contribution in [0.1, 0.15) is 15.9 Å². The van der Waals surface area contributed by atoms with Gasteiger partial charge in [0.2, 0.25) is 0 Å². The Morgan fingerprint density at radius 1 is 0.857 bits per heavy atom. The second-order valence-electron chi connectivity index (χ2n) is 7.08. The SMILES string of the molecule is COC(=O)CN(c1ccc(Cl)cc1C(=O)c1ccccc1Cl)S(=O)(=O)c1ccc(OC)c(OC)c1. The van der Waals surface area contributed by atoms with Crippen molar-refractivity contribution in [3.05, 3.63) is 81.8 Å². The van der Waals surface area contributed by atoms with E-state index < -0.39 is 28.3 Å². The molecular weight excluding hydrogens is 517 g/mol. The van der Waals surface area contributed by atoms with Gasteiger partial charge in [-0.25, -0.2) is 8.42 Å². The van der Waals surface area contributed by atoms with Crippen LogP contribution in [-0.4, -0.2) is 48.0 Å². The second kappa shape index (κ2) is 11.0. The molecular formula is C24H21Cl2NO7S. The predicted octanol–water partition coefficient (Wildman–Crippen LogP) is 4.61. The predicted molar refractivity (Wildman–Crippen MR) is 132 cm³/mol. The number of hydrogen-bond acceptors (Lipinski definition) is 7. The smallest absolute Gasteiger partial charge is 0.326 e. The van der Waals surface area contributed by atoms with E-state index >= 15 is 0 Å². The molecule has 0 heterocycles. The Morgan fingerprint density at radius 2 is 1.54 bits per heavy atom. The van der Waals surface area contributed by atoms with Crippen LogP contribution in [0.2, 0.25) is 10.0 Å². The molecule has 3 aromatic rings. The number of hydrogen-bond donors (Lipinski definition) is 0. The molecule has 0 spiro atoms. The zero-order valence-corrected chi connectivity index (χ0v) is 21.3. The van der Waals surface area contributed by atoms with Crippen LogP contribution < -0.4 is 13.8 Å². The normalized spacial score (nSPS) is 11.0. The fourth-order valence-electron chi connectivity index (χ4n) is 3.28. The Bertz CT molecular complexity index is 1380. The van der Waals surface area contributed by atoms with Gasteiger partial charge in [-0.2, -0.15) is 0 Å².